The van der Waals surface area contributed by atoms with Gasteiger partial charge in [-0.05, 0) is 6.42 Å². The van der Waals surface area contributed by atoms with E-state index in [1.807, 2.05) is 5.51 Å². The Labute approximate surface area is 102 Å². The van der Waals surface area contributed by atoms with Crippen molar-refractivity contribution < 1.29 is 0 Å². The maximum atomic E-state index is 4.33. The number of rotatable bonds is 5. The van der Waals surface area contributed by atoms with Gasteiger partial charge in [0.1, 0.15) is 0 Å². The van der Waals surface area contributed by atoms with Gasteiger partial charge in [0.15, 0.2) is 0 Å². The van der Waals surface area contributed by atoms with Gasteiger partial charge in [0.25, 0.3) is 0 Å². The van der Waals surface area contributed by atoms with Crippen LogP contribution in [-0.4, -0.2) is 42.1 Å². The van der Waals surface area contributed by atoms with Gasteiger partial charge in [-0.15, -0.1) is 11.3 Å². The zero-order valence-corrected chi connectivity index (χ0v) is 10.8. The molecule has 1 aliphatic heterocycles. The summed E-state index contributed by atoms with van der Waals surface area (Å²) >= 11 is 1.69. The van der Waals surface area contributed by atoms with Gasteiger partial charge in [0, 0.05) is 44.0 Å². The van der Waals surface area contributed by atoms with Crippen LogP contribution in [0.4, 0.5) is 0 Å². The van der Waals surface area contributed by atoms with Crippen molar-refractivity contribution in [2.45, 2.75) is 32.2 Å². The normalized spacial score (nSPS) is 22.4. The minimum Gasteiger partial charge on any atom is -0.311 e. The molecule has 1 aromatic heterocycles. The van der Waals surface area contributed by atoms with E-state index in [0.29, 0.717) is 6.04 Å². The van der Waals surface area contributed by atoms with E-state index in [-0.39, 0.29) is 0 Å². The van der Waals surface area contributed by atoms with E-state index in [4.69, 9.17) is 0 Å². The molecule has 1 aromatic rings. The monoisotopic (exact) mass is 239 g/mol. The van der Waals surface area contributed by atoms with Gasteiger partial charge >= 0.3 is 0 Å². The van der Waals surface area contributed by atoms with Crippen molar-refractivity contribution in [2.24, 2.45) is 0 Å². The van der Waals surface area contributed by atoms with E-state index >= 15 is 0 Å². The zero-order valence-electron chi connectivity index (χ0n) is 9.98. The molecule has 16 heavy (non-hydrogen) atoms. The highest BCUT2D eigenvalue weighted by atomic mass is 32.1. The van der Waals surface area contributed by atoms with Crippen LogP contribution in [0.1, 0.15) is 25.5 Å². The fraction of sp³-hybridized carbons (Fsp3) is 0.750. The van der Waals surface area contributed by atoms with Gasteiger partial charge in [0.05, 0.1) is 11.2 Å². The predicted octanol–water partition coefficient (Wildman–Crippen LogP) is 1.76. The topological polar surface area (TPSA) is 28.2 Å². The number of piperazine rings is 1. The maximum Gasteiger partial charge on any atom is 0.0794 e. The molecule has 1 aliphatic rings. The lowest BCUT2D eigenvalue weighted by Crippen LogP contribution is -2.50. The molecule has 90 valence electrons. The molecule has 4 heteroatoms. The summed E-state index contributed by atoms with van der Waals surface area (Å²) < 4.78 is 0. The lowest BCUT2D eigenvalue weighted by Gasteiger charge is -2.33. The molecule has 1 saturated heterocycles. The van der Waals surface area contributed by atoms with Gasteiger partial charge < -0.3 is 10.2 Å². The Balaban J connectivity index is 1.72. The highest BCUT2D eigenvalue weighted by Crippen LogP contribution is 2.07. The SMILES string of the molecule is CCCC1CN(CCc2cscn2)CCN1. The average Bonchev–Trinajstić information content (AvgIpc) is 2.80. The molecule has 2 rings (SSSR count). The fourth-order valence-corrected chi connectivity index (χ4v) is 2.87. The van der Waals surface area contributed by atoms with Crippen LogP contribution < -0.4 is 5.32 Å². The second-order valence-corrected chi connectivity index (χ2v) is 5.19. The van der Waals surface area contributed by atoms with Gasteiger partial charge in [0.2, 0.25) is 0 Å². The number of hydrogen-bond acceptors (Lipinski definition) is 4. The first-order chi connectivity index (χ1) is 7.88. The van der Waals surface area contributed by atoms with Crippen molar-refractivity contribution in [1.29, 1.82) is 0 Å². The van der Waals surface area contributed by atoms with Gasteiger partial charge in [-0.1, -0.05) is 13.3 Å². The second-order valence-electron chi connectivity index (χ2n) is 4.47. The van der Waals surface area contributed by atoms with Crippen LogP contribution in [-0.2, 0) is 6.42 Å². The molecule has 1 atom stereocenters. The third-order valence-corrected chi connectivity index (χ3v) is 3.78. The molecular formula is C12H21N3S. The van der Waals surface area contributed by atoms with Crippen LogP contribution in [0.15, 0.2) is 10.9 Å². The van der Waals surface area contributed by atoms with E-state index in [1.165, 1.54) is 31.6 Å². The molecule has 0 aliphatic carbocycles. The molecule has 0 saturated carbocycles. The zero-order chi connectivity index (χ0) is 11.2. The molecule has 0 bridgehead atoms. The van der Waals surface area contributed by atoms with Crippen LogP contribution in [0, 0.1) is 0 Å². The summed E-state index contributed by atoms with van der Waals surface area (Å²) in [6.07, 6.45) is 3.67. The lowest BCUT2D eigenvalue weighted by atomic mass is 10.1. The van der Waals surface area contributed by atoms with Crippen molar-refractivity contribution in [3.8, 4) is 0 Å². The second kappa shape index (κ2) is 6.33. The standard InChI is InChI=1S/C12H21N3S/c1-2-3-11-8-15(7-5-13-11)6-4-12-9-16-10-14-12/h9-11,13H,2-8H2,1H3. The van der Waals surface area contributed by atoms with Crippen molar-refractivity contribution in [3.05, 3.63) is 16.6 Å². The molecule has 0 spiro atoms. The Morgan fingerprint density at radius 3 is 3.31 bits per heavy atom. The molecule has 2 heterocycles. The molecule has 1 unspecified atom stereocenters. The summed E-state index contributed by atoms with van der Waals surface area (Å²) in [5.41, 5.74) is 3.17. The summed E-state index contributed by atoms with van der Waals surface area (Å²) in [7, 11) is 0. The number of aromatic nitrogens is 1. The average molecular weight is 239 g/mol. The smallest absolute Gasteiger partial charge is 0.0794 e. The van der Waals surface area contributed by atoms with Crippen molar-refractivity contribution in [1.82, 2.24) is 15.2 Å². The van der Waals surface area contributed by atoms with Gasteiger partial charge in [-0.3, -0.25) is 0 Å². The molecule has 1 fully saturated rings. The summed E-state index contributed by atoms with van der Waals surface area (Å²) in [4.78, 5) is 6.90. The number of nitrogens with one attached hydrogen (secondary N) is 1. The van der Waals surface area contributed by atoms with E-state index in [2.05, 4.69) is 27.5 Å². The van der Waals surface area contributed by atoms with E-state index < -0.39 is 0 Å². The van der Waals surface area contributed by atoms with Crippen LogP contribution in [0.3, 0.4) is 0 Å². The van der Waals surface area contributed by atoms with E-state index in [1.54, 1.807) is 11.3 Å². The maximum absolute atomic E-state index is 4.33. The highest BCUT2D eigenvalue weighted by Gasteiger charge is 2.17. The lowest BCUT2D eigenvalue weighted by molar-refractivity contribution is 0.195. The van der Waals surface area contributed by atoms with Crippen LogP contribution in [0.2, 0.25) is 0 Å². The first-order valence-electron chi connectivity index (χ1n) is 6.21. The van der Waals surface area contributed by atoms with E-state index in [0.717, 1.165) is 19.5 Å². The summed E-state index contributed by atoms with van der Waals surface area (Å²) in [6.45, 7) is 6.95. The van der Waals surface area contributed by atoms with Gasteiger partial charge in [-0.2, -0.15) is 0 Å². The van der Waals surface area contributed by atoms with Gasteiger partial charge in [-0.25, -0.2) is 4.98 Å². The Morgan fingerprint density at radius 2 is 2.56 bits per heavy atom. The largest absolute Gasteiger partial charge is 0.311 e. The third-order valence-electron chi connectivity index (χ3n) is 3.14. The minimum atomic E-state index is 0.703. The van der Waals surface area contributed by atoms with Crippen molar-refractivity contribution in [2.75, 3.05) is 26.2 Å². The van der Waals surface area contributed by atoms with Crippen molar-refractivity contribution >= 4 is 11.3 Å². The number of hydrogen-bond donors (Lipinski definition) is 1. The minimum absolute atomic E-state index is 0.703. The van der Waals surface area contributed by atoms with Crippen LogP contribution in [0.25, 0.3) is 0 Å². The molecule has 3 nitrogen and oxygen atoms in total. The summed E-state index contributed by atoms with van der Waals surface area (Å²) in [6, 6.07) is 0.703. The molecular weight excluding hydrogens is 218 g/mol. The fourth-order valence-electron chi connectivity index (χ4n) is 2.27. The Morgan fingerprint density at radius 1 is 1.62 bits per heavy atom. The molecule has 0 amide bonds. The highest BCUT2D eigenvalue weighted by molar-refractivity contribution is 7.07. The molecule has 0 radical (unpaired) electrons. The quantitative estimate of drug-likeness (QED) is 0.848. The first kappa shape index (κ1) is 12.0. The van der Waals surface area contributed by atoms with Crippen LogP contribution >= 0.6 is 11.3 Å². The summed E-state index contributed by atoms with van der Waals surface area (Å²) in [5.74, 6) is 0. The Bertz CT molecular complexity index is 284. The number of nitrogens with zero attached hydrogens (tertiary/aromatic N) is 2. The molecule has 0 aromatic carbocycles. The molecule has 1 N–H and O–H groups in total. The predicted molar refractivity (Wildman–Crippen MR) is 69.0 cm³/mol. The Hall–Kier alpha value is -0.450. The van der Waals surface area contributed by atoms with E-state index in [9.17, 15) is 0 Å². The number of thiazole rings is 1. The summed E-state index contributed by atoms with van der Waals surface area (Å²) in [5, 5.41) is 5.75. The van der Waals surface area contributed by atoms with Crippen LogP contribution in [0.5, 0.6) is 0 Å². The third kappa shape index (κ3) is 3.54. The first-order valence-corrected chi connectivity index (χ1v) is 7.15. The van der Waals surface area contributed by atoms with Crippen molar-refractivity contribution in [3.63, 3.8) is 0 Å². The Kier molecular flexibility index (Phi) is 4.75.